The van der Waals surface area contributed by atoms with Gasteiger partial charge in [-0.05, 0) is 31.0 Å². The Balaban J connectivity index is 2.17. The Kier molecular flexibility index (Phi) is 4.78. The van der Waals surface area contributed by atoms with Gasteiger partial charge >= 0.3 is 7.12 Å². The van der Waals surface area contributed by atoms with Crippen LogP contribution in [0.25, 0.3) is 0 Å². The Morgan fingerprint density at radius 1 is 1.30 bits per heavy atom. The Morgan fingerprint density at radius 2 is 1.95 bits per heavy atom. The Labute approximate surface area is 118 Å². The summed E-state index contributed by atoms with van der Waals surface area (Å²) in [4.78, 5) is 14.1. The molecule has 4 nitrogen and oxygen atoms in total. The molecular formula is C14H19BFNO3. The van der Waals surface area contributed by atoms with E-state index >= 15 is 0 Å². The van der Waals surface area contributed by atoms with Crippen molar-refractivity contribution in [3.05, 3.63) is 29.6 Å². The van der Waals surface area contributed by atoms with Gasteiger partial charge in [-0.3, -0.25) is 4.79 Å². The van der Waals surface area contributed by atoms with Gasteiger partial charge in [0.15, 0.2) is 0 Å². The average Bonchev–Trinajstić information content (AvgIpc) is 2.47. The van der Waals surface area contributed by atoms with E-state index in [-0.39, 0.29) is 23.0 Å². The van der Waals surface area contributed by atoms with Crippen molar-refractivity contribution in [2.75, 3.05) is 7.05 Å². The molecule has 0 bridgehead atoms. The average molecular weight is 279 g/mol. The summed E-state index contributed by atoms with van der Waals surface area (Å²) in [7, 11) is -0.167. The van der Waals surface area contributed by atoms with E-state index in [0.29, 0.717) is 0 Å². The van der Waals surface area contributed by atoms with Crippen LogP contribution in [0.3, 0.4) is 0 Å². The largest absolute Gasteiger partial charge is 0.491 e. The molecule has 1 aromatic rings. The lowest BCUT2D eigenvalue weighted by molar-refractivity contribution is 0.0696. The maximum atomic E-state index is 13.4. The van der Waals surface area contributed by atoms with Crippen molar-refractivity contribution in [2.24, 2.45) is 0 Å². The molecule has 0 aromatic heterocycles. The fraction of sp³-hybridized carbons (Fsp3) is 0.500. The molecule has 0 radical (unpaired) electrons. The lowest BCUT2D eigenvalue weighted by atomic mass is 9.79. The lowest BCUT2D eigenvalue weighted by Crippen LogP contribution is -2.39. The molecule has 0 heterocycles. The van der Waals surface area contributed by atoms with Crippen molar-refractivity contribution in [2.45, 2.75) is 38.1 Å². The van der Waals surface area contributed by atoms with Crippen LogP contribution in [-0.4, -0.2) is 41.1 Å². The Morgan fingerprint density at radius 3 is 2.55 bits per heavy atom. The van der Waals surface area contributed by atoms with Gasteiger partial charge in [0.2, 0.25) is 0 Å². The van der Waals surface area contributed by atoms with Crippen LogP contribution in [-0.2, 0) is 0 Å². The molecule has 0 aliphatic heterocycles. The van der Waals surface area contributed by atoms with Gasteiger partial charge in [0, 0.05) is 24.1 Å². The predicted molar refractivity (Wildman–Crippen MR) is 75.2 cm³/mol. The van der Waals surface area contributed by atoms with Crippen LogP contribution in [0.2, 0.25) is 0 Å². The highest BCUT2D eigenvalue weighted by Gasteiger charge is 2.25. The molecule has 1 aliphatic rings. The van der Waals surface area contributed by atoms with Crippen LogP contribution in [0.15, 0.2) is 18.2 Å². The molecule has 108 valence electrons. The van der Waals surface area contributed by atoms with Crippen molar-refractivity contribution >= 4 is 18.5 Å². The summed E-state index contributed by atoms with van der Waals surface area (Å²) >= 11 is 0. The first-order chi connectivity index (χ1) is 9.50. The third kappa shape index (κ3) is 3.19. The number of rotatable bonds is 3. The van der Waals surface area contributed by atoms with E-state index in [1.165, 1.54) is 18.6 Å². The smallest absolute Gasteiger partial charge is 0.423 e. The molecule has 1 fully saturated rings. The van der Waals surface area contributed by atoms with E-state index in [1.807, 2.05) is 0 Å². The SMILES string of the molecule is CN(C(=O)c1ccc(F)c(B(O)O)c1)C1CCCCC1. The first-order valence-corrected chi connectivity index (χ1v) is 6.93. The van der Waals surface area contributed by atoms with Crippen molar-refractivity contribution in [1.82, 2.24) is 4.90 Å². The molecular weight excluding hydrogens is 260 g/mol. The van der Waals surface area contributed by atoms with Crippen molar-refractivity contribution in [1.29, 1.82) is 0 Å². The number of hydrogen-bond donors (Lipinski definition) is 2. The van der Waals surface area contributed by atoms with E-state index in [1.54, 1.807) is 11.9 Å². The second-order valence-electron chi connectivity index (χ2n) is 5.32. The van der Waals surface area contributed by atoms with Crippen LogP contribution < -0.4 is 5.46 Å². The van der Waals surface area contributed by atoms with Crippen LogP contribution in [0.1, 0.15) is 42.5 Å². The number of amides is 1. The minimum Gasteiger partial charge on any atom is -0.423 e. The molecule has 2 rings (SSSR count). The van der Waals surface area contributed by atoms with E-state index < -0.39 is 12.9 Å². The van der Waals surface area contributed by atoms with Gasteiger partial charge in [-0.1, -0.05) is 19.3 Å². The van der Waals surface area contributed by atoms with E-state index in [4.69, 9.17) is 10.0 Å². The van der Waals surface area contributed by atoms with Gasteiger partial charge in [0.1, 0.15) is 5.82 Å². The fourth-order valence-corrected chi connectivity index (χ4v) is 2.71. The first kappa shape index (κ1) is 15.0. The zero-order valence-corrected chi connectivity index (χ0v) is 11.6. The molecule has 0 atom stereocenters. The van der Waals surface area contributed by atoms with Gasteiger partial charge in [-0.25, -0.2) is 4.39 Å². The van der Waals surface area contributed by atoms with Crippen LogP contribution >= 0.6 is 0 Å². The third-order valence-electron chi connectivity index (χ3n) is 3.96. The van der Waals surface area contributed by atoms with Crippen molar-refractivity contribution < 1.29 is 19.2 Å². The second kappa shape index (κ2) is 6.37. The van der Waals surface area contributed by atoms with E-state index in [2.05, 4.69) is 0 Å². The molecule has 20 heavy (non-hydrogen) atoms. The van der Waals surface area contributed by atoms with Gasteiger partial charge in [-0.15, -0.1) is 0 Å². The zero-order chi connectivity index (χ0) is 14.7. The minimum atomic E-state index is -1.91. The summed E-state index contributed by atoms with van der Waals surface area (Å²) < 4.78 is 13.4. The highest BCUT2D eigenvalue weighted by molar-refractivity contribution is 6.58. The summed E-state index contributed by atoms with van der Waals surface area (Å²) in [6, 6.07) is 3.89. The summed E-state index contributed by atoms with van der Waals surface area (Å²) in [5, 5.41) is 18.2. The molecule has 0 saturated heterocycles. The van der Waals surface area contributed by atoms with Crippen LogP contribution in [0, 0.1) is 5.82 Å². The summed E-state index contributed by atoms with van der Waals surface area (Å²) in [5.41, 5.74) is 0.00969. The number of halogens is 1. The summed E-state index contributed by atoms with van der Waals surface area (Å²) in [5.74, 6) is -0.935. The molecule has 1 saturated carbocycles. The highest BCUT2D eigenvalue weighted by atomic mass is 19.1. The monoisotopic (exact) mass is 279 g/mol. The quantitative estimate of drug-likeness (QED) is 0.808. The molecule has 1 aliphatic carbocycles. The normalized spacial score (nSPS) is 16.0. The van der Waals surface area contributed by atoms with Gasteiger partial charge < -0.3 is 14.9 Å². The number of carbonyl (C=O) groups excluding carboxylic acids is 1. The Bertz CT molecular complexity index is 489. The molecule has 1 amide bonds. The molecule has 0 unspecified atom stereocenters. The van der Waals surface area contributed by atoms with Crippen LogP contribution in [0.5, 0.6) is 0 Å². The number of nitrogens with zero attached hydrogens (tertiary/aromatic N) is 1. The number of carbonyl (C=O) groups is 1. The maximum Gasteiger partial charge on any atom is 0.491 e. The zero-order valence-electron chi connectivity index (χ0n) is 11.6. The topological polar surface area (TPSA) is 60.8 Å². The van der Waals surface area contributed by atoms with Gasteiger partial charge in [0.05, 0.1) is 0 Å². The maximum absolute atomic E-state index is 13.4. The van der Waals surface area contributed by atoms with E-state index in [9.17, 15) is 9.18 Å². The van der Waals surface area contributed by atoms with Crippen LogP contribution in [0.4, 0.5) is 4.39 Å². The third-order valence-corrected chi connectivity index (χ3v) is 3.96. The number of benzene rings is 1. The van der Waals surface area contributed by atoms with Gasteiger partial charge in [0.25, 0.3) is 5.91 Å². The second-order valence-corrected chi connectivity index (χ2v) is 5.32. The predicted octanol–water partition coefficient (Wildman–Crippen LogP) is 0.910. The fourth-order valence-electron chi connectivity index (χ4n) is 2.71. The standard InChI is InChI=1S/C14H19BFNO3/c1-17(11-5-3-2-4-6-11)14(18)10-7-8-13(16)12(9-10)15(19)20/h7-9,11,19-20H,2-6H2,1H3. The summed E-state index contributed by atoms with van der Waals surface area (Å²) in [6.07, 6.45) is 5.41. The van der Waals surface area contributed by atoms with Crippen molar-refractivity contribution in [3.8, 4) is 0 Å². The molecule has 0 spiro atoms. The highest BCUT2D eigenvalue weighted by Crippen LogP contribution is 2.22. The molecule has 1 aromatic carbocycles. The molecule has 2 N–H and O–H groups in total. The molecule has 6 heteroatoms. The summed E-state index contributed by atoms with van der Waals surface area (Å²) in [6.45, 7) is 0. The van der Waals surface area contributed by atoms with E-state index in [0.717, 1.165) is 31.7 Å². The first-order valence-electron chi connectivity index (χ1n) is 6.93. The number of hydrogen-bond acceptors (Lipinski definition) is 3. The lowest BCUT2D eigenvalue weighted by Gasteiger charge is -2.31. The minimum absolute atomic E-state index is 0.209. The Hall–Kier alpha value is -1.40. The van der Waals surface area contributed by atoms with Gasteiger partial charge in [-0.2, -0.15) is 0 Å². The van der Waals surface area contributed by atoms with Crippen molar-refractivity contribution in [3.63, 3.8) is 0 Å².